The lowest BCUT2D eigenvalue weighted by Crippen LogP contribution is -2.26. The van der Waals surface area contributed by atoms with E-state index in [0.717, 1.165) is 22.4 Å². The Morgan fingerprint density at radius 1 is 0.972 bits per heavy atom. The molecule has 0 saturated carbocycles. The van der Waals surface area contributed by atoms with E-state index < -0.39 is 0 Å². The summed E-state index contributed by atoms with van der Waals surface area (Å²) in [4.78, 5) is 30.2. The Morgan fingerprint density at radius 3 is 2.61 bits per heavy atom. The fraction of sp³-hybridized carbons (Fsp3) is 0.250. The molecule has 1 aliphatic heterocycles. The first-order valence-electron chi connectivity index (χ1n) is 12.1. The minimum Gasteiger partial charge on any atom is -0.486 e. The highest BCUT2D eigenvalue weighted by Gasteiger charge is 2.16. The van der Waals surface area contributed by atoms with E-state index in [1.165, 1.54) is 0 Å². The molecule has 36 heavy (non-hydrogen) atoms. The van der Waals surface area contributed by atoms with Crippen LogP contribution < -0.4 is 20.1 Å². The van der Waals surface area contributed by atoms with Crippen LogP contribution in [0.5, 0.6) is 11.5 Å². The Morgan fingerprint density at radius 2 is 1.75 bits per heavy atom. The zero-order valence-electron chi connectivity index (χ0n) is 20.1. The second-order valence-electron chi connectivity index (χ2n) is 8.68. The lowest BCUT2D eigenvalue weighted by atomic mass is 10.1. The summed E-state index contributed by atoms with van der Waals surface area (Å²) in [5.74, 6) is 1.86. The van der Waals surface area contributed by atoms with Crippen LogP contribution in [0.4, 0.5) is 5.69 Å². The van der Waals surface area contributed by atoms with Gasteiger partial charge in [-0.15, -0.1) is 0 Å². The summed E-state index contributed by atoms with van der Waals surface area (Å²) in [6, 6.07) is 20.7. The van der Waals surface area contributed by atoms with Gasteiger partial charge >= 0.3 is 0 Å². The number of hydrogen-bond acceptors (Lipinski definition) is 5. The Balaban J connectivity index is 1.24. The van der Waals surface area contributed by atoms with Gasteiger partial charge in [-0.2, -0.15) is 0 Å². The third kappa shape index (κ3) is 5.17. The van der Waals surface area contributed by atoms with Crippen LogP contribution in [-0.2, 0) is 17.8 Å². The van der Waals surface area contributed by atoms with E-state index >= 15 is 0 Å². The first-order chi connectivity index (χ1) is 17.6. The molecule has 2 amide bonds. The van der Waals surface area contributed by atoms with E-state index in [9.17, 15) is 9.59 Å². The van der Waals surface area contributed by atoms with Crippen molar-refractivity contribution >= 4 is 28.5 Å². The Hall–Kier alpha value is -4.33. The highest BCUT2D eigenvalue weighted by atomic mass is 16.6. The summed E-state index contributed by atoms with van der Waals surface area (Å²) in [5.41, 5.74) is 4.01. The number of rotatable bonds is 8. The molecular weight excluding hydrogens is 456 g/mol. The average Bonchev–Trinajstić information content (AvgIpc) is 3.23. The summed E-state index contributed by atoms with van der Waals surface area (Å²) in [5, 5.41) is 5.93. The predicted molar refractivity (Wildman–Crippen MR) is 138 cm³/mol. The number of amides is 2. The molecule has 2 heterocycles. The van der Waals surface area contributed by atoms with Gasteiger partial charge in [0.15, 0.2) is 11.5 Å². The van der Waals surface area contributed by atoms with Crippen LogP contribution in [0.2, 0.25) is 0 Å². The summed E-state index contributed by atoms with van der Waals surface area (Å²) in [6.45, 7) is 3.57. The van der Waals surface area contributed by atoms with Crippen molar-refractivity contribution in [2.75, 3.05) is 25.1 Å². The van der Waals surface area contributed by atoms with Gasteiger partial charge in [-0.05, 0) is 49.2 Å². The van der Waals surface area contributed by atoms with Crippen molar-refractivity contribution in [1.82, 2.24) is 14.9 Å². The number of nitrogens with one attached hydrogen (secondary N) is 2. The van der Waals surface area contributed by atoms with Crippen molar-refractivity contribution < 1.29 is 19.1 Å². The second-order valence-corrected chi connectivity index (χ2v) is 8.68. The number of fused-ring (bicyclic) bond motifs is 2. The van der Waals surface area contributed by atoms with Gasteiger partial charge in [0, 0.05) is 30.3 Å². The minimum absolute atomic E-state index is 0.0830. The van der Waals surface area contributed by atoms with Crippen LogP contribution in [0.1, 0.15) is 28.2 Å². The zero-order valence-corrected chi connectivity index (χ0v) is 20.1. The van der Waals surface area contributed by atoms with Crippen LogP contribution in [0.25, 0.3) is 11.0 Å². The molecular formula is C28H28N4O4. The van der Waals surface area contributed by atoms with Crippen LogP contribution in [0.15, 0.2) is 66.7 Å². The fourth-order valence-corrected chi connectivity index (χ4v) is 4.33. The maximum absolute atomic E-state index is 13.0. The molecule has 0 spiro atoms. The van der Waals surface area contributed by atoms with Gasteiger partial charge in [0.1, 0.15) is 25.6 Å². The van der Waals surface area contributed by atoms with Crippen molar-refractivity contribution in [1.29, 1.82) is 0 Å². The van der Waals surface area contributed by atoms with E-state index in [-0.39, 0.29) is 18.4 Å². The molecule has 0 bridgehead atoms. The van der Waals surface area contributed by atoms with Crippen LogP contribution in [0.3, 0.4) is 0 Å². The minimum atomic E-state index is -0.163. The van der Waals surface area contributed by atoms with Gasteiger partial charge in [-0.25, -0.2) is 4.98 Å². The Bertz CT molecular complexity index is 1410. The van der Waals surface area contributed by atoms with E-state index in [4.69, 9.17) is 14.5 Å². The van der Waals surface area contributed by atoms with Gasteiger partial charge in [0.25, 0.3) is 5.91 Å². The molecule has 0 fully saturated rings. The summed E-state index contributed by atoms with van der Waals surface area (Å²) < 4.78 is 13.1. The topological polar surface area (TPSA) is 94.5 Å². The molecule has 5 rings (SSSR count). The molecule has 0 saturated heterocycles. The molecule has 1 aliphatic rings. The van der Waals surface area contributed by atoms with Crippen molar-refractivity contribution in [3.8, 4) is 11.5 Å². The molecule has 2 N–H and O–H groups in total. The summed E-state index contributed by atoms with van der Waals surface area (Å²) >= 11 is 0. The lowest BCUT2D eigenvalue weighted by molar-refractivity contribution is -0.116. The molecule has 0 aliphatic carbocycles. The first-order valence-corrected chi connectivity index (χ1v) is 12.1. The number of anilines is 1. The van der Waals surface area contributed by atoms with Crippen molar-refractivity contribution in [3.63, 3.8) is 0 Å². The standard InChI is InChI=1S/C28H28N4O4/c1-19-7-2-3-8-21(19)28(34)29-14-6-11-26-31-22-9-4-5-10-23(22)32(26)18-27(33)30-20-12-13-24-25(17-20)36-16-15-35-24/h2-5,7-10,12-13,17H,6,11,14-16,18H2,1H3,(H,29,34)(H,30,33). The number of benzene rings is 3. The highest BCUT2D eigenvalue weighted by molar-refractivity contribution is 5.95. The third-order valence-corrected chi connectivity index (χ3v) is 6.11. The summed E-state index contributed by atoms with van der Waals surface area (Å²) in [7, 11) is 0. The SMILES string of the molecule is Cc1ccccc1C(=O)NCCCc1nc2ccccc2n1CC(=O)Nc1ccc2c(c1)OCCO2. The molecule has 4 aromatic rings. The quantitative estimate of drug-likeness (QED) is 0.367. The Kier molecular flexibility index (Phi) is 6.84. The predicted octanol–water partition coefficient (Wildman–Crippen LogP) is 4.12. The number of carbonyl (C=O) groups excluding carboxylic acids is 2. The molecule has 0 radical (unpaired) electrons. The molecule has 0 unspecified atom stereocenters. The smallest absolute Gasteiger partial charge is 0.251 e. The fourth-order valence-electron chi connectivity index (χ4n) is 4.33. The van der Waals surface area contributed by atoms with Gasteiger partial charge in [-0.1, -0.05) is 30.3 Å². The van der Waals surface area contributed by atoms with E-state index in [0.29, 0.717) is 55.4 Å². The molecule has 0 atom stereocenters. The normalized spacial score (nSPS) is 12.4. The largest absolute Gasteiger partial charge is 0.486 e. The van der Waals surface area contributed by atoms with Crippen molar-refractivity contribution in [2.45, 2.75) is 26.3 Å². The number of nitrogens with zero attached hydrogens (tertiary/aromatic N) is 2. The maximum atomic E-state index is 13.0. The van der Waals surface area contributed by atoms with Crippen LogP contribution in [-0.4, -0.2) is 41.1 Å². The second kappa shape index (κ2) is 10.5. The van der Waals surface area contributed by atoms with E-state index in [2.05, 4.69) is 10.6 Å². The number of ether oxygens (including phenoxy) is 2. The molecule has 1 aromatic heterocycles. The monoisotopic (exact) mass is 484 g/mol. The maximum Gasteiger partial charge on any atom is 0.251 e. The number of carbonyl (C=O) groups is 2. The zero-order chi connectivity index (χ0) is 24.9. The van der Waals surface area contributed by atoms with Crippen molar-refractivity contribution in [3.05, 3.63) is 83.7 Å². The first kappa shape index (κ1) is 23.4. The van der Waals surface area contributed by atoms with Crippen LogP contribution in [0, 0.1) is 6.92 Å². The average molecular weight is 485 g/mol. The van der Waals surface area contributed by atoms with Crippen molar-refractivity contribution in [2.24, 2.45) is 0 Å². The number of imidazole rings is 1. The number of para-hydroxylation sites is 2. The summed E-state index contributed by atoms with van der Waals surface area (Å²) in [6.07, 6.45) is 1.32. The molecule has 3 aromatic carbocycles. The Labute approximate surface area is 209 Å². The number of aryl methyl sites for hydroxylation is 2. The third-order valence-electron chi connectivity index (χ3n) is 6.11. The molecule has 8 nitrogen and oxygen atoms in total. The number of aromatic nitrogens is 2. The van der Waals surface area contributed by atoms with Gasteiger partial charge in [-0.3, -0.25) is 9.59 Å². The van der Waals surface area contributed by atoms with Gasteiger partial charge < -0.3 is 24.7 Å². The molecule has 184 valence electrons. The van der Waals surface area contributed by atoms with E-state index in [1.54, 1.807) is 18.2 Å². The highest BCUT2D eigenvalue weighted by Crippen LogP contribution is 2.32. The van der Waals surface area contributed by atoms with Gasteiger partial charge in [0.2, 0.25) is 5.91 Å². The molecule has 8 heteroatoms. The van der Waals surface area contributed by atoms with E-state index in [1.807, 2.05) is 60.0 Å². The number of hydrogen-bond donors (Lipinski definition) is 2. The van der Waals surface area contributed by atoms with Gasteiger partial charge in [0.05, 0.1) is 11.0 Å². The lowest BCUT2D eigenvalue weighted by Gasteiger charge is -2.19. The van der Waals surface area contributed by atoms with Crippen LogP contribution >= 0.6 is 0 Å².